The number of benzene rings is 1. The van der Waals surface area contributed by atoms with Crippen molar-refractivity contribution in [3.63, 3.8) is 0 Å². The van der Waals surface area contributed by atoms with Gasteiger partial charge in [0.2, 0.25) is 0 Å². The van der Waals surface area contributed by atoms with Crippen LogP contribution in [-0.2, 0) is 16.1 Å². The molecule has 1 amide bonds. The van der Waals surface area contributed by atoms with Crippen molar-refractivity contribution in [1.82, 2.24) is 9.88 Å². The fraction of sp³-hybridized carbons (Fsp3) is 0.250. The van der Waals surface area contributed by atoms with Gasteiger partial charge in [-0.15, -0.1) is 22.7 Å². The highest BCUT2D eigenvalue weighted by molar-refractivity contribution is 7.13. The number of thiophene rings is 1. The van der Waals surface area contributed by atoms with E-state index in [1.165, 1.54) is 22.7 Å². The van der Waals surface area contributed by atoms with E-state index in [1.54, 1.807) is 11.0 Å². The van der Waals surface area contributed by atoms with Gasteiger partial charge >= 0.3 is 5.97 Å². The van der Waals surface area contributed by atoms with E-state index in [1.807, 2.05) is 41.1 Å². The molecule has 5 nitrogen and oxygen atoms in total. The summed E-state index contributed by atoms with van der Waals surface area (Å²) >= 11 is 9.05. The number of esters is 1. The van der Waals surface area contributed by atoms with Crippen molar-refractivity contribution < 1.29 is 14.3 Å². The molecular formula is C20H17ClN2O3S2. The van der Waals surface area contributed by atoms with Gasteiger partial charge < -0.3 is 9.64 Å². The molecule has 1 fully saturated rings. The number of amides is 1. The summed E-state index contributed by atoms with van der Waals surface area (Å²) in [5, 5.41) is 5.13. The maximum Gasteiger partial charge on any atom is 0.329 e. The fourth-order valence-corrected chi connectivity index (χ4v) is 4.97. The van der Waals surface area contributed by atoms with Crippen LogP contribution in [0.5, 0.6) is 0 Å². The molecule has 0 spiro atoms. The number of halogens is 1. The highest BCUT2D eigenvalue weighted by Gasteiger charge is 2.36. The molecule has 0 saturated carbocycles. The average Bonchev–Trinajstić information content (AvgIpc) is 3.47. The van der Waals surface area contributed by atoms with E-state index < -0.39 is 6.04 Å². The zero-order valence-corrected chi connectivity index (χ0v) is 17.2. The van der Waals surface area contributed by atoms with Crippen LogP contribution in [0.2, 0.25) is 5.02 Å². The van der Waals surface area contributed by atoms with Crippen molar-refractivity contribution in [3.05, 3.63) is 62.8 Å². The predicted octanol–water partition coefficient (Wildman–Crippen LogP) is 4.87. The van der Waals surface area contributed by atoms with Crippen LogP contribution in [0.15, 0.2) is 47.2 Å². The number of hydrogen-bond acceptors (Lipinski definition) is 6. The molecule has 0 bridgehead atoms. The third kappa shape index (κ3) is 3.97. The van der Waals surface area contributed by atoms with E-state index in [2.05, 4.69) is 4.98 Å². The van der Waals surface area contributed by atoms with Gasteiger partial charge in [-0.05, 0) is 30.4 Å². The monoisotopic (exact) mass is 432 g/mol. The molecule has 1 atom stereocenters. The lowest BCUT2D eigenvalue weighted by molar-refractivity contribution is -0.149. The molecule has 0 radical (unpaired) electrons. The minimum absolute atomic E-state index is 0.0807. The third-order valence-electron chi connectivity index (χ3n) is 4.54. The van der Waals surface area contributed by atoms with Gasteiger partial charge in [0.05, 0.1) is 15.6 Å². The van der Waals surface area contributed by atoms with Gasteiger partial charge in [0.15, 0.2) is 0 Å². The molecule has 0 N–H and O–H groups in total. The summed E-state index contributed by atoms with van der Waals surface area (Å²) in [5.74, 6) is -0.487. The number of carbonyl (C=O) groups excluding carboxylic acids is 2. The number of nitrogens with zero attached hydrogens (tertiary/aromatic N) is 2. The van der Waals surface area contributed by atoms with Gasteiger partial charge in [0.1, 0.15) is 17.7 Å². The fourth-order valence-electron chi connectivity index (χ4n) is 3.17. The lowest BCUT2D eigenvalue weighted by Gasteiger charge is -2.22. The van der Waals surface area contributed by atoms with Gasteiger partial charge in [-0.2, -0.15) is 0 Å². The van der Waals surface area contributed by atoms with E-state index >= 15 is 0 Å². The topological polar surface area (TPSA) is 59.5 Å². The number of aromatic nitrogens is 1. The van der Waals surface area contributed by atoms with Crippen molar-refractivity contribution in [2.45, 2.75) is 25.5 Å². The first-order chi connectivity index (χ1) is 13.6. The molecule has 0 unspecified atom stereocenters. The molecule has 1 aliphatic heterocycles. The summed E-state index contributed by atoms with van der Waals surface area (Å²) in [6.45, 7) is 0.654. The molecule has 1 aliphatic rings. The predicted molar refractivity (Wildman–Crippen MR) is 111 cm³/mol. The lowest BCUT2D eigenvalue weighted by Crippen LogP contribution is -2.41. The van der Waals surface area contributed by atoms with Crippen LogP contribution in [-0.4, -0.2) is 34.3 Å². The summed E-state index contributed by atoms with van der Waals surface area (Å²) in [5.41, 5.74) is 1.53. The van der Waals surface area contributed by atoms with Crippen molar-refractivity contribution >= 4 is 46.2 Å². The minimum atomic E-state index is -0.531. The normalized spacial score (nSPS) is 16.3. The Hall–Kier alpha value is -2.22. The number of carbonyl (C=O) groups is 2. The van der Waals surface area contributed by atoms with Gasteiger partial charge in [-0.1, -0.05) is 35.9 Å². The molecule has 8 heteroatoms. The maximum atomic E-state index is 12.6. The molecule has 28 heavy (non-hydrogen) atoms. The standard InChI is InChI=1S/C20H17ClN2O3S2/c21-15-6-2-1-5-14(15)18-22-13(12-28-18)11-26-20(25)16-7-3-9-23(16)19(24)17-8-4-10-27-17/h1-2,4-6,8,10,12,16H,3,7,9,11H2/t16-/m0/s1. The molecule has 1 aromatic carbocycles. The molecule has 4 rings (SSSR count). The zero-order chi connectivity index (χ0) is 19.5. The third-order valence-corrected chi connectivity index (χ3v) is 6.65. The highest BCUT2D eigenvalue weighted by atomic mass is 35.5. The number of likely N-dealkylation sites (tertiary alicyclic amines) is 1. The van der Waals surface area contributed by atoms with Crippen molar-refractivity contribution in [2.24, 2.45) is 0 Å². The summed E-state index contributed by atoms with van der Waals surface area (Å²) in [6, 6.07) is 10.6. The van der Waals surface area contributed by atoms with Gasteiger partial charge in [-0.3, -0.25) is 4.79 Å². The molecule has 144 valence electrons. The number of thiazole rings is 1. The van der Waals surface area contributed by atoms with E-state index in [0.717, 1.165) is 17.0 Å². The van der Waals surface area contributed by atoms with Crippen LogP contribution in [0.3, 0.4) is 0 Å². The van der Waals surface area contributed by atoms with Crippen LogP contribution in [0.1, 0.15) is 28.2 Å². The summed E-state index contributed by atoms with van der Waals surface area (Å²) in [4.78, 5) is 31.9. The average molecular weight is 433 g/mol. The van der Waals surface area contributed by atoms with Crippen molar-refractivity contribution in [3.8, 4) is 10.6 Å². The molecule has 3 aromatic rings. The molecule has 1 saturated heterocycles. The number of hydrogen-bond donors (Lipinski definition) is 0. The van der Waals surface area contributed by atoms with E-state index in [-0.39, 0.29) is 18.5 Å². The summed E-state index contributed by atoms with van der Waals surface area (Å²) < 4.78 is 5.47. The molecule has 0 aliphatic carbocycles. The lowest BCUT2D eigenvalue weighted by atomic mass is 10.2. The summed E-state index contributed by atoms with van der Waals surface area (Å²) in [6.07, 6.45) is 1.42. The SMILES string of the molecule is O=C(OCc1csc(-c2ccccc2Cl)n1)[C@@H]1CCCN1C(=O)c1cccs1. The van der Waals surface area contributed by atoms with Gasteiger partial charge in [-0.25, -0.2) is 9.78 Å². The maximum absolute atomic E-state index is 12.6. The Labute approximate surface area is 175 Å². The first-order valence-corrected chi connectivity index (χ1v) is 11.0. The van der Waals surface area contributed by atoms with E-state index in [0.29, 0.717) is 28.6 Å². The number of rotatable bonds is 5. The molecule has 3 heterocycles. The zero-order valence-electron chi connectivity index (χ0n) is 14.8. The highest BCUT2D eigenvalue weighted by Crippen LogP contribution is 2.30. The van der Waals surface area contributed by atoms with E-state index in [4.69, 9.17) is 16.3 Å². The Morgan fingerprint density at radius 2 is 2.07 bits per heavy atom. The van der Waals surface area contributed by atoms with Crippen LogP contribution in [0, 0.1) is 0 Å². The first kappa shape index (κ1) is 19.1. The Balaban J connectivity index is 1.39. The second-order valence-electron chi connectivity index (χ2n) is 6.37. The van der Waals surface area contributed by atoms with Crippen LogP contribution in [0.4, 0.5) is 0 Å². The van der Waals surface area contributed by atoms with Gasteiger partial charge in [0.25, 0.3) is 5.91 Å². The Morgan fingerprint density at radius 3 is 2.86 bits per heavy atom. The first-order valence-electron chi connectivity index (χ1n) is 8.84. The minimum Gasteiger partial charge on any atom is -0.458 e. The number of ether oxygens (including phenoxy) is 1. The Bertz CT molecular complexity index is 987. The second-order valence-corrected chi connectivity index (χ2v) is 8.58. The summed E-state index contributed by atoms with van der Waals surface area (Å²) in [7, 11) is 0. The Kier molecular flexibility index (Phi) is 5.75. The second kappa shape index (κ2) is 8.43. The van der Waals surface area contributed by atoms with Gasteiger partial charge in [0, 0.05) is 17.5 Å². The molecular weight excluding hydrogens is 416 g/mol. The molecule has 2 aromatic heterocycles. The quantitative estimate of drug-likeness (QED) is 0.539. The van der Waals surface area contributed by atoms with Crippen molar-refractivity contribution in [1.29, 1.82) is 0 Å². The van der Waals surface area contributed by atoms with E-state index in [9.17, 15) is 9.59 Å². The smallest absolute Gasteiger partial charge is 0.329 e. The van der Waals surface area contributed by atoms with Crippen LogP contribution >= 0.6 is 34.3 Å². The van der Waals surface area contributed by atoms with Crippen LogP contribution in [0.25, 0.3) is 10.6 Å². The Morgan fingerprint density at radius 1 is 1.21 bits per heavy atom. The largest absolute Gasteiger partial charge is 0.458 e. The van der Waals surface area contributed by atoms with Crippen LogP contribution < -0.4 is 0 Å². The van der Waals surface area contributed by atoms with Crippen molar-refractivity contribution in [2.75, 3.05) is 6.54 Å².